The van der Waals surface area contributed by atoms with Gasteiger partial charge in [0.1, 0.15) is 37.3 Å². The minimum Gasteiger partial charge on any atom is -0.462 e. The Hall–Kier alpha value is -0.730. The van der Waals surface area contributed by atoms with Crippen LogP contribution in [0.15, 0.2) is 0 Å². The van der Waals surface area contributed by atoms with Crippen LogP contribution >= 0.6 is 0 Å². The van der Waals surface area contributed by atoms with Crippen molar-refractivity contribution >= 4 is 5.97 Å². The van der Waals surface area contributed by atoms with Crippen molar-refractivity contribution in [3.05, 3.63) is 0 Å². The van der Waals surface area contributed by atoms with E-state index in [0.29, 0.717) is 0 Å². The van der Waals surface area contributed by atoms with E-state index in [2.05, 4.69) is 0 Å². The summed E-state index contributed by atoms with van der Waals surface area (Å²) in [6.45, 7) is 2.68. The predicted molar refractivity (Wildman–Crippen MR) is 61.3 cm³/mol. The molecule has 1 fully saturated rings. The summed E-state index contributed by atoms with van der Waals surface area (Å²) in [5, 5.41) is 28.6. The molecular formula is C11H21NO6. The van der Waals surface area contributed by atoms with E-state index in [1.54, 1.807) is 13.8 Å². The number of nitrogens with two attached hydrogens (primary N) is 1. The first-order chi connectivity index (χ1) is 8.70. The number of aliphatic hydroxyl groups is 3. The molecule has 0 saturated carbocycles. The molecule has 0 aliphatic carbocycles. The fraction of sp³-hybridized carbons (Fsp3) is 0.909. The Balaban J connectivity index is 2.56. The number of ether oxygens (including phenoxy) is 2. The normalized spacial score (nSPS) is 38.1. The van der Waals surface area contributed by atoms with Crippen molar-refractivity contribution in [1.29, 1.82) is 0 Å². The van der Waals surface area contributed by atoms with Gasteiger partial charge in [-0.25, -0.2) is 0 Å². The van der Waals surface area contributed by atoms with Crippen LogP contribution in [0.25, 0.3) is 0 Å². The van der Waals surface area contributed by atoms with Gasteiger partial charge in [-0.1, -0.05) is 0 Å². The lowest BCUT2D eigenvalue weighted by Gasteiger charge is -2.38. The monoisotopic (exact) mass is 264 g/mol. The van der Waals surface area contributed by atoms with Gasteiger partial charge in [-0.2, -0.15) is 0 Å². The van der Waals surface area contributed by atoms with E-state index in [1.807, 2.05) is 0 Å². The second-order valence-electron chi connectivity index (χ2n) is 5.09. The molecule has 106 valence electrons. The molecule has 0 spiro atoms. The second kappa shape index (κ2) is 5.50. The summed E-state index contributed by atoms with van der Waals surface area (Å²) in [5.41, 5.74) is 4.47. The predicted octanol–water partition coefficient (Wildman–Crippen LogP) is -1.66. The lowest BCUT2D eigenvalue weighted by molar-refractivity contribution is -0.231. The Morgan fingerprint density at radius 3 is 2.56 bits per heavy atom. The van der Waals surface area contributed by atoms with Gasteiger partial charge in [0.15, 0.2) is 0 Å². The molecule has 1 rings (SSSR count). The number of aliphatic hydroxyl groups excluding tert-OH is 3. The lowest BCUT2D eigenvalue weighted by Crippen LogP contribution is -2.61. The van der Waals surface area contributed by atoms with Crippen LogP contribution in [0, 0.1) is 5.41 Å². The average Bonchev–Trinajstić information content (AvgIpc) is 2.38. The van der Waals surface area contributed by atoms with Crippen LogP contribution in [0.3, 0.4) is 0 Å². The van der Waals surface area contributed by atoms with Crippen molar-refractivity contribution in [2.45, 2.75) is 51.4 Å². The van der Waals surface area contributed by atoms with Gasteiger partial charge in [0.2, 0.25) is 0 Å². The maximum absolute atomic E-state index is 11.6. The minimum atomic E-state index is -1.46. The van der Waals surface area contributed by atoms with Crippen LogP contribution in [-0.4, -0.2) is 58.5 Å². The van der Waals surface area contributed by atoms with Crippen molar-refractivity contribution in [3.8, 4) is 0 Å². The van der Waals surface area contributed by atoms with Crippen molar-refractivity contribution in [2.75, 3.05) is 6.61 Å². The zero-order valence-electron chi connectivity index (χ0n) is 11.4. The third-order valence-corrected chi connectivity index (χ3v) is 2.68. The summed E-state index contributed by atoms with van der Waals surface area (Å²) < 4.78 is 17.2. The van der Waals surface area contributed by atoms with Gasteiger partial charge in [0, 0.05) is 1.37 Å². The Bertz CT molecular complexity index is 326. The van der Waals surface area contributed by atoms with Gasteiger partial charge in [0.25, 0.3) is 0 Å². The first-order valence-corrected chi connectivity index (χ1v) is 5.62. The smallest absolute Gasteiger partial charge is 0.311 e. The molecule has 18 heavy (non-hydrogen) atoms. The Morgan fingerprint density at radius 1 is 1.39 bits per heavy atom. The molecule has 7 nitrogen and oxygen atoms in total. The summed E-state index contributed by atoms with van der Waals surface area (Å²) >= 11 is 0. The maximum atomic E-state index is 11.6. The summed E-state index contributed by atoms with van der Waals surface area (Å²) in [6.07, 6.45) is -6.44. The second-order valence-corrected chi connectivity index (χ2v) is 5.09. The van der Waals surface area contributed by atoms with Gasteiger partial charge < -0.3 is 30.5 Å². The number of rotatable bonds is 2. The Kier molecular flexibility index (Phi) is 4.18. The highest BCUT2D eigenvalue weighted by Gasteiger charge is 2.42. The SMILES string of the molecule is [2H]CC(C)(C)C(=O)OC[C@H]1OC(N)[C@H](O)[C@@H](O)[C@H]1O. The fourth-order valence-electron chi connectivity index (χ4n) is 1.47. The molecule has 0 bridgehead atoms. The van der Waals surface area contributed by atoms with Crippen LogP contribution in [-0.2, 0) is 14.3 Å². The first kappa shape index (κ1) is 13.7. The molecule has 1 unspecified atom stereocenters. The van der Waals surface area contributed by atoms with Gasteiger partial charge in [0.05, 0.1) is 5.41 Å². The highest BCUT2D eigenvalue weighted by atomic mass is 16.6. The number of hydrogen-bond donors (Lipinski definition) is 4. The van der Waals surface area contributed by atoms with E-state index in [9.17, 15) is 20.1 Å². The Labute approximate surface area is 107 Å². The highest BCUT2D eigenvalue weighted by molar-refractivity contribution is 5.75. The van der Waals surface area contributed by atoms with E-state index in [0.717, 1.165) is 0 Å². The van der Waals surface area contributed by atoms with E-state index in [1.165, 1.54) is 0 Å². The van der Waals surface area contributed by atoms with Gasteiger partial charge >= 0.3 is 5.97 Å². The molecule has 1 heterocycles. The molecular weight excluding hydrogens is 242 g/mol. The van der Waals surface area contributed by atoms with Gasteiger partial charge in [-0.05, 0) is 20.7 Å². The minimum absolute atomic E-state index is 0.138. The highest BCUT2D eigenvalue weighted by Crippen LogP contribution is 2.21. The number of hydrogen-bond acceptors (Lipinski definition) is 7. The zero-order chi connectivity index (χ0) is 14.8. The van der Waals surface area contributed by atoms with Crippen molar-refractivity contribution in [2.24, 2.45) is 11.1 Å². The van der Waals surface area contributed by atoms with Crippen molar-refractivity contribution in [3.63, 3.8) is 0 Å². The molecule has 0 amide bonds. The number of esters is 1. The van der Waals surface area contributed by atoms with Crippen LogP contribution in [0.1, 0.15) is 22.1 Å². The Morgan fingerprint density at radius 2 is 2.00 bits per heavy atom. The lowest BCUT2D eigenvalue weighted by atomic mass is 9.97. The van der Waals surface area contributed by atoms with Crippen molar-refractivity contribution in [1.82, 2.24) is 0 Å². The van der Waals surface area contributed by atoms with E-state index >= 15 is 0 Å². The molecule has 7 heteroatoms. The summed E-state index contributed by atoms with van der Waals surface area (Å²) in [6, 6.07) is 0. The number of carbonyl (C=O) groups excluding carboxylic acids is 1. The summed E-state index contributed by atoms with van der Waals surface area (Å²) in [4.78, 5) is 11.6. The quantitative estimate of drug-likeness (QED) is 0.440. The van der Waals surface area contributed by atoms with Crippen LogP contribution < -0.4 is 5.73 Å². The van der Waals surface area contributed by atoms with E-state index in [4.69, 9.17) is 16.6 Å². The largest absolute Gasteiger partial charge is 0.462 e. The van der Waals surface area contributed by atoms with Gasteiger partial charge in [-0.3, -0.25) is 4.79 Å². The zero-order valence-corrected chi connectivity index (χ0v) is 10.4. The third kappa shape index (κ3) is 3.39. The molecule has 0 aromatic carbocycles. The molecule has 5 atom stereocenters. The van der Waals surface area contributed by atoms with Crippen LogP contribution in [0.4, 0.5) is 0 Å². The molecule has 0 aromatic rings. The topological polar surface area (TPSA) is 122 Å². The van der Waals surface area contributed by atoms with E-state index in [-0.39, 0.29) is 13.5 Å². The fourth-order valence-corrected chi connectivity index (χ4v) is 1.47. The molecule has 5 N–H and O–H groups in total. The molecule has 1 aliphatic rings. The molecule has 1 saturated heterocycles. The third-order valence-electron chi connectivity index (χ3n) is 2.68. The average molecular weight is 264 g/mol. The maximum Gasteiger partial charge on any atom is 0.311 e. The van der Waals surface area contributed by atoms with Gasteiger partial charge in [-0.15, -0.1) is 0 Å². The first-order valence-electron chi connectivity index (χ1n) is 6.33. The van der Waals surface area contributed by atoms with Crippen LogP contribution in [0.5, 0.6) is 0 Å². The van der Waals surface area contributed by atoms with E-state index < -0.39 is 42.0 Å². The molecule has 0 radical (unpaired) electrons. The number of carbonyl (C=O) groups is 1. The summed E-state index contributed by atoms with van der Waals surface area (Å²) in [7, 11) is 0. The van der Waals surface area contributed by atoms with Crippen molar-refractivity contribution < 1.29 is 31.0 Å². The molecule has 0 aromatic heterocycles. The standard InChI is InChI=1S/C11H21NO6/c1-11(2,3)10(16)17-4-5-6(13)7(14)8(15)9(12)18-5/h5-9,13-15H,4,12H2,1-3H3/t5-,6+,7+,8-,9?/m1/s1/i1D. The molecule has 1 aliphatic heterocycles. The summed E-state index contributed by atoms with van der Waals surface area (Å²) in [5.74, 6) is -0.604. The van der Waals surface area contributed by atoms with Crippen LogP contribution in [0.2, 0.25) is 0 Å².